The van der Waals surface area contributed by atoms with Crippen molar-refractivity contribution in [2.45, 2.75) is 39.5 Å². The molecule has 0 spiro atoms. The summed E-state index contributed by atoms with van der Waals surface area (Å²) in [5.74, 6) is 0.793. The zero-order valence-electron chi connectivity index (χ0n) is 14.7. The standard InChI is InChI=1S/C18H25N3O2S/c1-5-23-14-8-6-13(7-9-14)20-17(22)19-11-10-16-21-15(12-24-16)18(2,3)4/h6-9,12H,5,10-11H2,1-4H3,(H2,19,20,22). The van der Waals surface area contributed by atoms with E-state index >= 15 is 0 Å². The summed E-state index contributed by atoms with van der Waals surface area (Å²) in [7, 11) is 0. The summed E-state index contributed by atoms with van der Waals surface area (Å²) in [6.45, 7) is 9.56. The van der Waals surface area contributed by atoms with E-state index in [0.29, 0.717) is 13.2 Å². The van der Waals surface area contributed by atoms with Crippen LogP contribution in [0.5, 0.6) is 5.75 Å². The molecule has 24 heavy (non-hydrogen) atoms. The maximum absolute atomic E-state index is 11.9. The van der Waals surface area contributed by atoms with Crippen molar-refractivity contribution in [3.63, 3.8) is 0 Å². The summed E-state index contributed by atoms with van der Waals surface area (Å²) in [6.07, 6.45) is 0.734. The smallest absolute Gasteiger partial charge is 0.319 e. The summed E-state index contributed by atoms with van der Waals surface area (Å²) >= 11 is 1.64. The molecule has 0 aliphatic heterocycles. The van der Waals surface area contributed by atoms with Crippen molar-refractivity contribution in [3.8, 4) is 5.75 Å². The number of nitrogens with zero attached hydrogens (tertiary/aromatic N) is 1. The molecule has 2 aromatic rings. The molecule has 0 aliphatic rings. The Bertz CT molecular complexity index is 660. The lowest BCUT2D eigenvalue weighted by atomic mass is 9.93. The van der Waals surface area contributed by atoms with E-state index in [0.717, 1.165) is 28.6 Å². The van der Waals surface area contributed by atoms with Crippen molar-refractivity contribution in [2.75, 3.05) is 18.5 Å². The van der Waals surface area contributed by atoms with E-state index in [9.17, 15) is 4.79 Å². The third kappa shape index (κ3) is 5.53. The van der Waals surface area contributed by atoms with Crippen molar-refractivity contribution < 1.29 is 9.53 Å². The lowest BCUT2D eigenvalue weighted by molar-refractivity contribution is 0.252. The lowest BCUT2D eigenvalue weighted by Gasteiger charge is -2.14. The Balaban J connectivity index is 1.76. The van der Waals surface area contributed by atoms with Gasteiger partial charge in [-0.1, -0.05) is 20.8 Å². The molecule has 6 heteroatoms. The number of thiazole rings is 1. The Hall–Kier alpha value is -2.08. The first-order valence-corrected chi connectivity index (χ1v) is 8.99. The van der Waals surface area contributed by atoms with Gasteiger partial charge in [-0.3, -0.25) is 0 Å². The van der Waals surface area contributed by atoms with Gasteiger partial charge in [-0.25, -0.2) is 9.78 Å². The number of aromatic nitrogens is 1. The molecule has 2 rings (SSSR count). The first kappa shape index (κ1) is 18.3. The summed E-state index contributed by atoms with van der Waals surface area (Å²) in [6, 6.07) is 7.10. The number of rotatable bonds is 6. The van der Waals surface area contributed by atoms with Crippen LogP contribution < -0.4 is 15.4 Å². The molecule has 5 nitrogen and oxygen atoms in total. The predicted molar refractivity (Wildman–Crippen MR) is 99.2 cm³/mol. The van der Waals surface area contributed by atoms with E-state index in [1.165, 1.54) is 0 Å². The normalized spacial score (nSPS) is 11.2. The minimum Gasteiger partial charge on any atom is -0.494 e. The van der Waals surface area contributed by atoms with Gasteiger partial charge in [0, 0.05) is 29.4 Å². The van der Waals surface area contributed by atoms with Gasteiger partial charge >= 0.3 is 6.03 Å². The number of hydrogen-bond donors (Lipinski definition) is 2. The molecule has 1 aromatic carbocycles. The number of anilines is 1. The van der Waals surface area contributed by atoms with E-state index in [4.69, 9.17) is 4.74 Å². The van der Waals surface area contributed by atoms with Gasteiger partial charge in [-0.15, -0.1) is 11.3 Å². The Morgan fingerprint density at radius 2 is 1.96 bits per heavy atom. The number of ether oxygens (including phenoxy) is 1. The number of hydrogen-bond acceptors (Lipinski definition) is 4. The molecule has 2 N–H and O–H groups in total. The zero-order chi connectivity index (χ0) is 17.6. The maximum atomic E-state index is 11.9. The van der Waals surface area contributed by atoms with Gasteiger partial charge < -0.3 is 15.4 Å². The summed E-state index contributed by atoms with van der Waals surface area (Å²) in [5, 5.41) is 8.79. The molecule has 0 atom stereocenters. The Morgan fingerprint density at radius 1 is 1.25 bits per heavy atom. The second-order valence-electron chi connectivity index (χ2n) is 6.46. The van der Waals surface area contributed by atoms with Crippen molar-refractivity contribution in [1.29, 1.82) is 0 Å². The van der Waals surface area contributed by atoms with E-state index in [2.05, 4.69) is 41.8 Å². The van der Waals surface area contributed by atoms with Crippen LogP contribution in [0.25, 0.3) is 0 Å². The quantitative estimate of drug-likeness (QED) is 0.823. The van der Waals surface area contributed by atoms with Crippen LogP contribution in [0.1, 0.15) is 38.4 Å². The van der Waals surface area contributed by atoms with Crippen LogP contribution in [0, 0.1) is 0 Å². The Labute approximate surface area is 147 Å². The van der Waals surface area contributed by atoms with Crippen molar-refractivity contribution in [2.24, 2.45) is 0 Å². The van der Waals surface area contributed by atoms with E-state index in [-0.39, 0.29) is 11.4 Å². The average Bonchev–Trinajstić information content (AvgIpc) is 2.99. The number of amides is 2. The predicted octanol–water partition coefficient (Wildman–Crippen LogP) is 4.20. The Morgan fingerprint density at radius 3 is 2.54 bits per heavy atom. The van der Waals surface area contributed by atoms with Crippen molar-refractivity contribution in [3.05, 3.63) is 40.3 Å². The van der Waals surface area contributed by atoms with E-state index in [1.807, 2.05) is 31.2 Å². The monoisotopic (exact) mass is 347 g/mol. The number of urea groups is 1. The number of benzene rings is 1. The first-order chi connectivity index (χ1) is 11.4. The lowest BCUT2D eigenvalue weighted by Crippen LogP contribution is -2.30. The van der Waals surface area contributed by atoms with Gasteiger partial charge in [0.2, 0.25) is 0 Å². The molecule has 0 radical (unpaired) electrons. The fraction of sp³-hybridized carbons (Fsp3) is 0.444. The third-order valence-corrected chi connectivity index (χ3v) is 4.28. The summed E-state index contributed by atoms with van der Waals surface area (Å²) < 4.78 is 5.37. The maximum Gasteiger partial charge on any atom is 0.319 e. The van der Waals surface area contributed by atoms with Gasteiger partial charge in [-0.2, -0.15) is 0 Å². The van der Waals surface area contributed by atoms with Crippen molar-refractivity contribution >= 4 is 23.1 Å². The molecule has 0 bridgehead atoms. The highest BCUT2D eigenvalue weighted by molar-refractivity contribution is 7.09. The number of nitrogens with one attached hydrogen (secondary N) is 2. The van der Waals surface area contributed by atoms with Gasteiger partial charge in [0.15, 0.2) is 0 Å². The second kappa shape index (κ2) is 8.15. The summed E-state index contributed by atoms with van der Waals surface area (Å²) in [4.78, 5) is 16.5. The Kier molecular flexibility index (Phi) is 6.20. The molecule has 0 fully saturated rings. The molecule has 0 saturated carbocycles. The van der Waals surface area contributed by atoms with Crippen LogP contribution in [-0.4, -0.2) is 24.2 Å². The van der Waals surface area contributed by atoms with Crippen LogP contribution in [0.15, 0.2) is 29.6 Å². The zero-order valence-corrected chi connectivity index (χ0v) is 15.5. The second-order valence-corrected chi connectivity index (χ2v) is 7.41. The van der Waals surface area contributed by atoms with Crippen LogP contribution in [0.3, 0.4) is 0 Å². The highest BCUT2D eigenvalue weighted by Crippen LogP contribution is 2.23. The van der Waals surface area contributed by atoms with Crippen LogP contribution in [0.4, 0.5) is 10.5 Å². The molecule has 1 aromatic heterocycles. The number of carbonyl (C=O) groups is 1. The highest BCUT2D eigenvalue weighted by atomic mass is 32.1. The summed E-state index contributed by atoms with van der Waals surface area (Å²) in [5.41, 5.74) is 1.90. The molecule has 0 saturated heterocycles. The number of carbonyl (C=O) groups excluding carboxylic acids is 1. The van der Waals surface area contributed by atoms with Crippen molar-refractivity contribution in [1.82, 2.24) is 10.3 Å². The average molecular weight is 347 g/mol. The van der Waals surface area contributed by atoms with Gasteiger partial charge in [-0.05, 0) is 31.2 Å². The molecular formula is C18H25N3O2S. The van der Waals surface area contributed by atoms with Gasteiger partial charge in [0.25, 0.3) is 0 Å². The minimum atomic E-state index is -0.216. The fourth-order valence-electron chi connectivity index (χ4n) is 2.03. The molecule has 0 unspecified atom stereocenters. The van der Waals surface area contributed by atoms with Gasteiger partial charge in [0.05, 0.1) is 17.3 Å². The van der Waals surface area contributed by atoms with E-state index in [1.54, 1.807) is 11.3 Å². The topological polar surface area (TPSA) is 63.2 Å². The highest BCUT2D eigenvalue weighted by Gasteiger charge is 2.17. The largest absolute Gasteiger partial charge is 0.494 e. The fourth-order valence-corrected chi connectivity index (χ4v) is 3.05. The molecule has 0 aliphatic carbocycles. The molecule has 2 amide bonds. The SMILES string of the molecule is CCOc1ccc(NC(=O)NCCc2nc(C(C)(C)C)cs2)cc1. The van der Waals surface area contributed by atoms with Gasteiger partial charge in [0.1, 0.15) is 5.75 Å². The van der Waals surface area contributed by atoms with Crippen LogP contribution >= 0.6 is 11.3 Å². The van der Waals surface area contributed by atoms with Crippen LogP contribution in [0.2, 0.25) is 0 Å². The molecule has 130 valence electrons. The first-order valence-electron chi connectivity index (χ1n) is 8.11. The molecule has 1 heterocycles. The van der Waals surface area contributed by atoms with E-state index < -0.39 is 0 Å². The molecular weight excluding hydrogens is 322 g/mol. The minimum absolute atomic E-state index is 0.0627. The third-order valence-electron chi connectivity index (χ3n) is 3.37. The van der Waals surface area contributed by atoms with Crippen LogP contribution in [-0.2, 0) is 11.8 Å².